The van der Waals surface area contributed by atoms with E-state index in [-0.39, 0.29) is 11.9 Å². The van der Waals surface area contributed by atoms with Crippen molar-refractivity contribution in [1.29, 1.82) is 0 Å². The predicted octanol–water partition coefficient (Wildman–Crippen LogP) is 4.48. The van der Waals surface area contributed by atoms with Crippen molar-refractivity contribution >= 4 is 18.1 Å². The Hall–Kier alpha value is -2.15. The van der Waals surface area contributed by atoms with Gasteiger partial charge in [0.15, 0.2) is 10.6 Å². The average Bonchev–Trinajstić information content (AvgIpc) is 3.02. The van der Waals surface area contributed by atoms with Gasteiger partial charge in [0, 0.05) is 24.6 Å². The van der Waals surface area contributed by atoms with E-state index in [0.717, 1.165) is 30.0 Å². The SMILES string of the molecule is CCCCCC(C)NC(=O)CCn1c(-c2ccc(OCC)cc2)n[nH]c1=S. The molecule has 1 unspecified atom stereocenters. The molecule has 0 saturated heterocycles. The van der Waals surface area contributed by atoms with Crippen LogP contribution >= 0.6 is 12.2 Å². The van der Waals surface area contributed by atoms with E-state index in [1.165, 1.54) is 12.8 Å². The number of rotatable bonds is 11. The van der Waals surface area contributed by atoms with Gasteiger partial charge in [0.25, 0.3) is 0 Å². The summed E-state index contributed by atoms with van der Waals surface area (Å²) in [5.41, 5.74) is 0.930. The minimum atomic E-state index is 0.0414. The van der Waals surface area contributed by atoms with Crippen LogP contribution in [0.1, 0.15) is 52.9 Å². The van der Waals surface area contributed by atoms with Crippen LogP contribution in [0.3, 0.4) is 0 Å². The Morgan fingerprint density at radius 2 is 2.04 bits per heavy atom. The first-order valence-corrected chi connectivity index (χ1v) is 10.1. The van der Waals surface area contributed by atoms with E-state index in [0.29, 0.717) is 24.3 Å². The maximum atomic E-state index is 12.3. The van der Waals surface area contributed by atoms with Gasteiger partial charge >= 0.3 is 0 Å². The van der Waals surface area contributed by atoms with E-state index in [1.807, 2.05) is 35.8 Å². The monoisotopic (exact) mass is 390 g/mol. The van der Waals surface area contributed by atoms with Crippen molar-refractivity contribution in [2.75, 3.05) is 6.61 Å². The lowest BCUT2D eigenvalue weighted by Gasteiger charge is -2.14. The highest BCUT2D eigenvalue weighted by molar-refractivity contribution is 7.71. The standard InChI is InChI=1S/C20H30N4O2S/c1-4-6-7-8-15(3)21-18(25)13-14-24-19(22-23-20(24)27)16-9-11-17(12-10-16)26-5-2/h9-12,15H,4-8,13-14H2,1-3H3,(H,21,25)(H,23,27). The van der Waals surface area contributed by atoms with Gasteiger partial charge in [0.1, 0.15) is 5.75 Å². The summed E-state index contributed by atoms with van der Waals surface area (Å²) in [7, 11) is 0. The number of ether oxygens (including phenoxy) is 1. The second kappa shape index (κ2) is 10.9. The number of amides is 1. The predicted molar refractivity (Wildman–Crippen MR) is 110 cm³/mol. The summed E-state index contributed by atoms with van der Waals surface area (Å²) in [4.78, 5) is 12.3. The molecule has 1 aromatic carbocycles. The Kier molecular flexibility index (Phi) is 8.51. The van der Waals surface area contributed by atoms with Gasteiger partial charge in [-0.2, -0.15) is 5.10 Å². The van der Waals surface area contributed by atoms with Crippen LogP contribution in [0.5, 0.6) is 5.75 Å². The first-order valence-electron chi connectivity index (χ1n) is 9.73. The molecule has 0 aliphatic heterocycles. The first-order chi connectivity index (χ1) is 13.0. The number of nitrogens with one attached hydrogen (secondary N) is 2. The number of nitrogens with zero attached hydrogens (tertiary/aromatic N) is 2. The van der Waals surface area contributed by atoms with E-state index >= 15 is 0 Å². The lowest BCUT2D eigenvalue weighted by atomic mass is 10.1. The zero-order chi connectivity index (χ0) is 19.6. The highest BCUT2D eigenvalue weighted by atomic mass is 32.1. The Labute approximate surface area is 166 Å². The molecule has 1 heterocycles. The molecule has 148 valence electrons. The molecule has 0 spiro atoms. The normalized spacial score (nSPS) is 12.0. The Morgan fingerprint density at radius 1 is 1.30 bits per heavy atom. The molecule has 1 amide bonds. The van der Waals surface area contributed by atoms with Gasteiger partial charge in [-0.15, -0.1) is 0 Å². The van der Waals surface area contributed by atoms with Crippen LogP contribution in [0.2, 0.25) is 0 Å². The fourth-order valence-electron chi connectivity index (χ4n) is 2.95. The summed E-state index contributed by atoms with van der Waals surface area (Å²) in [6.07, 6.45) is 4.92. The van der Waals surface area contributed by atoms with Gasteiger partial charge in [-0.3, -0.25) is 14.5 Å². The van der Waals surface area contributed by atoms with Crippen molar-refractivity contribution in [2.24, 2.45) is 0 Å². The number of benzene rings is 1. The van der Waals surface area contributed by atoms with Gasteiger partial charge in [-0.1, -0.05) is 26.2 Å². The third-order valence-corrected chi connectivity index (χ3v) is 4.70. The molecule has 0 bridgehead atoms. The van der Waals surface area contributed by atoms with Crippen molar-refractivity contribution in [2.45, 2.75) is 65.5 Å². The third kappa shape index (κ3) is 6.50. The average molecular weight is 391 g/mol. The lowest BCUT2D eigenvalue weighted by molar-refractivity contribution is -0.121. The van der Waals surface area contributed by atoms with Crippen LogP contribution in [-0.4, -0.2) is 33.3 Å². The first kappa shape index (κ1) is 21.2. The third-order valence-electron chi connectivity index (χ3n) is 4.39. The van der Waals surface area contributed by atoms with E-state index in [2.05, 4.69) is 29.4 Å². The Balaban J connectivity index is 1.96. The Morgan fingerprint density at radius 3 is 2.70 bits per heavy atom. The van der Waals surface area contributed by atoms with E-state index in [9.17, 15) is 4.79 Å². The van der Waals surface area contributed by atoms with Gasteiger partial charge < -0.3 is 10.1 Å². The van der Waals surface area contributed by atoms with Crippen molar-refractivity contribution in [3.63, 3.8) is 0 Å². The van der Waals surface area contributed by atoms with E-state index in [4.69, 9.17) is 17.0 Å². The molecule has 0 saturated carbocycles. The second-order valence-electron chi connectivity index (χ2n) is 6.68. The van der Waals surface area contributed by atoms with E-state index < -0.39 is 0 Å². The fourth-order valence-corrected chi connectivity index (χ4v) is 3.17. The van der Waals surface area contributed by atoms with Crippen molar-refractivity contribution in [1.82, 2.24) is 20.1 Å². The summed E-state index contributed by atoms with van der Waals surface area (Å²) in [5, 5.41) is 10.2. The molecular formula is C20H30N4O2S. The number of H-pyrrole nitrogens is 1. The quantitative estimate of drug-likeness (QED) is 0.438. The van der Waals surface area contributed by atoms with Crippen LogP contribution in [0.15, 0.2) is 24.3 Å². The van der Waals surface area contributed by atoms with Crippen LogP contribution < -0.4 is 10.1 Å². The highest BCUT2D eigenvalue weighted by Crippen LogP contribution is 2.21. The van der Waals surface area contributed by atoms with Gasteiger partial charge in [0.2, 0.25) is 5.91 Å². The van der Waals surface area contributed by atoms with Gasteiger partial charge in [0.05, 0.1) is 6.61 Å². The lowest BCUT2D eigenvalue weighted by Crippen LogP contribution is -2.33. The summed E-state index contributed by atoms with van der Waals surface area (Å²) in [6.45, 7) is 7.31. The number of hydrogen-bond donors (Lipinski definition) is 2. The zero-order valence-electron chi connectivity index (χ0n) is 16.5. The molecule has 2 rings (SSSR count). The van der Waals surface area contributed by atoms with Gasteiger partial charge in [-0.05, 0) is 56.8 Å². The van der Waals surface area contributed by atoms with Gasteiger partial charge in [-0.25, -0.2) is 0 Å². The summed E-state index contributed by atoms with van der Waals surface area (Å²) in [6, 6.07) is 7.91. The molecule has 2 N–H and O–H groups in total. The second-order valence-corrected chi connectivity index (χ2v) is 7.06. The van der Waals surface area contributed by atoms with Crippen LogP contribution in [0.4, 0.5) is 0 Å². The number of carbonyl (C=O) groups is 1. The molecule has 0 aliphatic rings. The summed E-state index contributed by atoms with van der Waals surface area (Å²) in [5.74, 6) is 1.59. The van der Waals surface area contributed by atoms with Crippen molar-refractivity contribution < 1.29 is 9.53 Å². The largest absolute Gasteiger partial charge is 0.494 e. The topological polar surface area (TPSA) is 71.9 Å². The molecular weight excluding hydrogens is 360 g/mol. The zero-order valence-corrected chi connectivity index (χ0v) is 17.3. The highest BCUT2D eigenvalue weighted by Gasteiger charge is 2.12. The van der Waals surface area contributed by atoms with Crippen molar-refractivity contribution in [3.05, 3.63) is 29.0 Å². The number of unbranched alkanes of at least 4 members (excludes halogenated alkanes) is 2. The molecule has 2 aromatic rings. The van der Waals surface area contributed by atoms with Crippen molar-refractivity contribution in [3.8, 4) is 17.1 Å². The molecule has 0 aliphatic carbocycles. The number of hydrogen-bond acceptors (Lipinski definition) is 4. The molecule has 0 radical (unpaired) electrons. The number of carbonyl (C=O) groups excluding carboxylic acids is 1. The number of aromatic nitrogens is 3. The van der Waals surface area contributed by atoms with Crippen LogP contribution in [0, 0.1) is 4.77 Å². The Bertz CT molecular complexity index is 767. The molecule has 1 atom stereocenters. The molecule has 27 heavy (non-hydrogen) atoms. The van der Waals surface area contributed by atoms with E-state index in [1.54, 1.807) is 0 Å². The smallest absolute Gasteiger partial charge is 0.222 e. The summed E-state index contributed by atoms with van der Waals surface area (Å²) >= 11 is 5.34. The maximum absolute atomic E-state index is 12.3. The van der Waals surface area contributed by atoms with Crippen LogP contribution in [0.25, 0.3) is 11.4 Å². The van der Waals surface area contributed by atoms with Crippen LogP contribution in [-0.2, 0) is 11.3 Å². The molecule has 0 fully saturated rings. The minimum absolute atomic E-state index is 0.0414. The molecule has 6 nitrogen and oxygen atoms in total. The maximum Gasteiger partial charge on any atom is 0.222 e. The summed E-state index contributed by atoms with van der Waals surface area (Å²) < 4.78 is 7.86. The number of aromatic amines is 1. The minimum Gasteiger partial charge on any atom is -0.494 e. The molecule has 7 heteroatoms. The fraction of sp³-hybridized carbons (Fsp3) is 0.550. The molecule has 1 aromatic heterocycles.